The third kappa shape index (κ3) is 2.51. The van der Waals surface area contributed by atoms with E-state index in [1.165, 1.54) is 6.07 Å². The summed E-state index contributed by atoms with van der Waals surface area (Å²) in [5.41, 5.74) is 7.72. The van der Waals surface area contributed by atoms with Gasteiger partial charge < -0.3 is 11.1 Å². The molecule has 18 heavy (non-hydrogen) atoms. The number of nitrogen functional groups attached to an aromatic ring is 1. The molecule has 1 aromatic heterocycles. The minimum atomic E-state index is -0.243. The molecule has 0 unspecified atom stereocenters. The number of nitrogens with one attached hydrogen (secondary N) is 2. The van der Waals surface area contributed by atoms with E-state index in [1.807, 2.05) is 24.3 Å². The Balaban J connectivity index is 2.22. The van der Waals surface area contributed by atoms with E-state index in [0.717, 1.165) is 11.3 Å². The van der Waals surface area contributed by atoms with Crippen molar-refractivity contribution in [2.75, 3.05) is 11.1 Å². The summed E-state index contributed by atoms with van der Waals surface area (Å²) in [5.74, 6) is 0.401. The summed E-state index contributed by atoms with van der Waals surface area (Å²) >= 11 is 0. The number of H-pyrrole nitrogens is 1. The fourth-order valence-corrected chi connectivity index (χ4v) is 1.76. The van der Waals surface area contributed by atoms with Gasteiger partial charge in [0, 0.05) is 11.8 Å². The van der Waals surface area contributed by atoms with Gasteiger partial charge in [0.2, 0.25) is 0 Å². The first-order chi connectivity index (χ1) is 8.58. The molecule has 0 bridgehead atoms. The van der Waals surface area contributed by atoms with E-state index in [9.17, 15) is 4.79 Å². The van der Waals surface area contributed by atoms with Crippen LogP contribution >= 0.6 is 0 Å². The van der Waals surface area contributed by atoms with Gasteiger partial charge in [-0.2, -0.15) is 5.10 Å². The molecule has 1 heterocycles. The van der Waals surface area contributed by atoms with Crippen LogP contribution in [0.15, 0.2) is 30.3 Å². The number of anilines is 2. The third-order valence-corrected chi connectivity index (χ3v) is 2.67. The molecule has 1 amide bonds. The van der Waals surface area contributed by atoms with Gasteiger partial charge in [-0.3, -0.25) is 9.89 Å². The Morgan fingerprint density at radius 3 is 2.72 bits per heavy atom. The minimum absolute atomic E-state index is 0.243. The number of amides is 1. The Bertz CT molecular complexity index is 560. The highest BCUT2D eigenvalue weighted by molar-refractivity contribution is 6.03. The summed E-state index contributed by atoms with van der Waals surface area (Å²) < 4.78 is 0. The van der Waals surface area contributed by atoms with Crippen LogP contribution in [-0.2, 0) is 0 Å². The van der Waals surface area contributed by atoms with E-state index in [1.54, 1.807) is 0 Å². The maximum absolute atomic E-state index is 12.0. The number of para-hydroxylation sites is 1. The zero-order chi connectivity index (χ0) is 13.1. The number of rotatable bonds is 3. The van der Waals surface area contributed by atoms with E-state index in [4.69, 9.17) is 5.73 Å². The smallest absolute Gasteiger partial charge is 0.273 e. The van der Waals surface area contributed by atoms with Gasteiger partial charge in [0.05, 0.1) is 0 Å². The number of benzene rings is 1. The summed E-state index contributed by atoms with van der Waals surface area (Å²) in [7, 11) is 0. The van der Waals surface area contributed by atoms with Crippen molar-refractivity contribution in [2.24, 2.45) is 0 Å². The van der Waals surface area contributed by atoms with E-state index < -0.39 is 0 Å². The summed E-state index contributed by atoms with van der Waals surface area (Å²) in [6.07, 6.45) is 0. The predicted octanol–water partition coefficient (Wildman–Crippen LogP) is 2.37. The zero-order valence-electron chi connectivity index (χ0n) is 10.4. The number of carbonyl (C=O) groups is 1. The standard InChI is InChI=1S/C13H16N4O/c1-8(2)9-5-3-4-6-10(9)15-13(18)11-7-12(14)17-16-11/h3-8H,1-2H3,(H,15,18)(H3,14,16,17). The van der Waals surface area contributed by atoms with Crippen LogP contribution in [0.3, 0.4) is 0 Å². The van der Waals surface area contributed by atoms with Crippen molar-refractivity contribution in [3.05, 3.63) is 41.6 Å². The molecule has 94 valence electrons. The lowest BCUT2D eigenvalue weighted by Gasteiger charge is -2.12. The first kappa shape index (κ1) is 12.2. The molecule has 0 aliphatic rings. The van der Waals surface area contributed by atoms with E-state index >= 15 is 0 Å². The minimum Gasteiger partial charge on any atom is -0.382 e. The molecule has 4 N–H and O–H groups in total. The molecule has 0 radical (unpaired) electrons. The van der Waals surface area contributed by atoms with Crippen LogP contribution in [0.5, 0.6) is 0 Å². The fourth-order valence-electron chi connectivity index (χ4n) is 1.76. The predicted molar refractivity (Wildman–Crippen MR) is 71.5 cm³/mol. The van der Waals surface area contributed by atoms with Crippen LogP contribution in [0.2, 0.25) is 0 Å². The Kier molecular flexibility index (Phi) is 3.32. The van der Waals surface area contributed by atoms with Crippen LogP contribution < -0.4 is 11.1 Å². The molecule has 5 nitrogen and oxygen atoms in total. The van der Waals surface area contributed by atoms with Gasteiger partial charge in [-0.1, -0.05) is 32.0 Å². The highest BCUT2D eigenvalue weighted by Crippen LogP contribution is 2.24. The molecule has 0 aliphatic heterocycles. The van der Waals surface area contributed by atoms with Gasteiger partial charge in [0.25, 0.3) is 5.91 Å². The van der Waals surface area contributed by atoms with Gasteiger partial charge in [-0.25, -0.2) is 0 Å². The number of carbonyl (C=O) groups excluding carboxylic acids is 1. The first-order valence-corrected chi connectivity index (χ1v) is 5.79. The summed E-state index contributed by atoms with van der Waals surface area (Å²) in [5, 5.41) is 9.17. The third-order valence-electron chi connectivity index (χ3n) is 2.67. The van der Waals surface area contributed by atoms with Crippen molar-refractivity contribution in [3.8, 4) is 0 Å². The fraction of sp³-hybridized carbons (Fsp3) is 0.231. The molecular weight excluding hydrogens is 228 g/mol. The lowest BCUT2D eigenvalue weighted by Crippen LogP contribution is -2.14. The number of hydrogen-bond donors (Lipinski definition) is 3. The van der Waals surface area contributed by atoms with Crippen molar-refractivity contribution in [1.29, 1.82) is 0 Å². The lowest BCUT2D eigenvalue weighted by molar-refractivity contribution is 0.102. The summed E-state index contributed by atoms with van der Waals surface area (Å²) in [6.45, 7) is 4.17. The summed E-state index contributed by atoms with van der Waals surface area (Å²) in [6, 6.07) is 9.24. The maximum atomic E-state index is 12.0. The molecule has 2 rings (SSSR count). The molecule has 5 heteroatoms. The number of nitrogens with zero attached hydrogens (tertiary/aromatic N) is 1. The first-order valence-electron chi connectivity index (χ1n) is 5.79. The molecule has 1 aromatic carbocycles. The number of aromatic amines is 1. The Labute approximate surface area is 105 Å². The Hall–Kier alpha value is -2.30. The van der Waals surface area contributed by atoms with Crippen molar-refractivity contribution < 1.29 is 4.79 Å². The number of nitrogens with two attached hydrogens (primary N) is 1. The van der Waals surface area contributed by atoms with Crippen molar-refractivity contribution in [3.63, 3.8) is 0 Å². The van der Waals surface area contributed by atoms with Crippen molar-refractivity contribution in [1.82, 2.24) is 10.2 Å². The highest BCUT2D eigenvalue weighted by atomic mass is 16.1. The van der Waals surface area contributed by atoms with E-state index in [2.05, 4.69) is 29.4 Å². The average Bonchev–Trinajstić information content (AvgIpc) is 2.76. The Morgan fingerprint density at radius 2 is 2.11 bits per heavy atom. The summed E-state index contributed by atoms with van der Waals surface area (Å²) in [4.78, 5) is 12.0. The van der Waals surface area contributed by atoms with E-state index in [-0.39, 0.29) is 5.91 Å². The normalized spacial score (nSPS) is 10.6. The van der Waals surface area contributed by atoms with Crippen LogP contribution in [0.1, 0.15) is 35.8 Å². The molecule has 0 spiro atoms. The quantitative estimate of drug-likeness (QED) is 0.775. The molecule has 2 aromatic rings. The highest BCUT2D eigenvalue weighted by Gasteiger charge is 2.12. The van der Waals surface area contributed by atoms with Crippen LogP contribution in [-0.4, -0.2) is 16.1 Å². The number of aromatic nitrogens is 2. The lowest BCUT2D eigenvalue weighted by atomic mass is 10.0. The zero-order valence-corrected chi connectivity index (χ0v) is 10.4. The second kappa shape index (κ2) is 4.91. The van der Waals surface area contributed by atoms with Gasteiger partial charge in [-0.15, -0.1) is 0 Å². The molecule has 0 atom stereocenters. The molecule has 0 fully saturated rings. The molecular formula is C13H16N4O. The topological polar surface area (TPSA) is 83.8 Å². The van der Waals surface area contributed by atoms with Crippen molar-refractivity contribution in [2.45, 2.75) is 19.8 Å². The van der Waals surface area contributed by atoms with Crippen LogP contribution in [0.4, 0.5) is 11.5 Å². The van der Waals surface area contributed by atoms with E-state index in [0.29, 0.717) is 17.4 Å². The van der Waals surface area contributed by atoms with Gasteiger partial charge in [0.15, 0.2) is 0 Å². The molecule has 0 aliphatic carbocycles. The molecule has 0 saturated carbocycles. The second-order valence-corrected chi connectivity index (χ2v) is 4.40. The largest absolute Gasteiger partial charge is 0.382 e. The van der Waals surface area contributed by atoms with Gasteiger partial charge in [-0.05, 0) is 17.5 Å². The van der Waals surface area contributed by atoms with Crippen LogP contribution in [0, 0.1) is 0 Å². The molecule has 0 saturated heterocycles. The average molecular weight is 244 g/mol. The van der Waals surface area contributed by atoms with Crippen LogP contribution in [0.25, 0.3) is 0 Å². The maximum Gasteiger partial charge on any atom is 0.273 e. The SMILES string of the molecule is CC(C)c1ccccc1NC(=O)c1cc(N)n[nH]1. The van der Waals surface area contributed by atoms with Gasteiger partial charge >= 0.3 is 0 Å². The monoisotopic (exact) mass is 244 g/mol. The Morgan fingerprint density at radius 1 is 1.39 bits per heavy atom. The van der Waals surface area contributed by atoms with Gasteiger partial charge in [0.1, 0.15) is 11.5 Å². The number of hydrogen-bond acceptors (Lipinski definition) is 3. The van der Waals surface area contributed by atoms with Crippen molar-refractivity contribution >= 4 is 17.4 Å². The second-order valence-electron chi connectivity index (χ2n) is 4.40.